The molecule has 0 spiro atoms. The summed E-state index contributed by atoms with van der Waals surface area (Å²) >= 11 is 13.3. The second kappa shape index (κ2) is 7.82. The third kappa shape index (κ3) is 4.19. The van der Waals surface area contributed by atoms with Crippen molar-refractivity contribution in [3.63, 3.8) is 0 Å². The summed E-state index contributed by atoms with van der Waals surface area (Å²) in [6.07, 6.45) is -0.117. The molecule has 0 unspecified atom stereocenters. The molecule has 6 nitrogen and oxygen atoms in total. The summed E-state index contributed by atoms with van der Waals surface area (Å²) in [5.41, 5.74) is 1.56. The molecule has 0 atom stereocenters. The van der Waals surface area contributed by atoms with Gasteiger partial charge >= 0.3 is 0 Å². The number of aromatic nitrogens is 1. The summed E-state index contributed by atoms with van der Waals surface area (Å²) in [6.45, 7) is 0. The molecule has 3 rings (SSSR count). The number of thiazole rings is 1. The van der Waals surface area contributed by atoms with Crippen molar-refractivity contribution in [3.05, 3.63) is 73.6 Å². The second-order valence-corrected chi connectivity index (χ2v) is 6.97. The predicted molar refractivity (Wildman–Crippen MR) is 103 cm³/mol. The Morgan fingerprint density at radius 2 is 2.00 bits per heavy atom. The monoisotopic (exact) mass is 407 g/mol. The normalized spacial score (nSPS) is 10.5. The SMILES string of the molecule is O=C(Cc1ccccc1[N+](=O)[O-])Nc1nc(-c2ccc(Cl)cc2Cl)cs1. The van der Waals surface area contributed by atoms with Gasteiger partial charge in [0.05, 0.1) is 22.1 Å². The van der Waals surface area contributed by atoms with Crippen LogP contribution in [0.4, 0.5) is 10.8 Å². The summed E-state index contributed by atoms with van der Waals surface area (Å²) in [7, 11) is 0. The number of nitrogens with zero attached hydrogens (tertiary/aromatic N) is 2. The van der Waals surface area contributed by atoms with Crippen molar-refractivity contribution < 1.29 is 9.72 Å². The lowest BCUT2D eigenvalue weighted by atomic mass is 10.1. The van der Waals surface area contributed by atoms with Gasteiger partial charge in [-0.1, -0.05) is 41.4 Å². The van der Waals surface area contributed by atoms with Crippen LogP contribution >= 0.6 is 34.5 Å². The van der Waals surface area contributed by atoms with Crippen LogP contribution in [0.25, 0.3) is 11.3 Å². The molecule has 0 saturated heterocycles. The molecule has 0 aliphatic rings. The maximum Gasteiger partial charge on any atom is 0.273 e. The number of hydrogen-bond donors (Lipinski definition) is 1. The standard InChI is InChI=1S/C17H11Cl2N3O3S/c18-11-5-6-12(13(19)8-11)14-9-26-17(20-14)21-16(23)7-10-3-1-2-4-15(10)22(24)25/h1-6,8-9H,7H2,(H,20,21,23). The summed E-state index contributed by atoms with van der Waals surface area (Å²) in [4.78, 5) is 27.1. The number of para-hydroxylation sites is 1. The van der Waals surface area contributed by atoms with E-state index in [1.165, 1.54) is 17.4 Å². The van der Waals surface area contributed by atoms with Crippen LogP contribution in [0.1, 0.15) is 5.56 Å². The Bertz CT molecular complexity index is 991. The molecule has 0 saturated carbocycles. The number of benzene rings is 2. The minimum atomic E-state index is -0.507. The van der Waals surface area contributed by atoms with Crippen molar-refractivity contribution in [3.8, 4) is 11.3 Å². The molecular formula is C17H11Cl2N3O3S. The molecule has 2 aromatic carbocycles. The maximum atomic E-state index is 12.2. The number of nitrogens with one attached hydrogen (secondary N) is 1. The topological polar surface area (TPSA) is 85.1 Å². The molecule has 1 amide bonds. The van der Waals surface area contributed by atoms with Crippen LogP contribution in [0.5, 0.6) is 0 Å². The first-order valence-electron chi connectivity index (χ1n) is 7.37. The van der Waals surface area contributed by atoms with Crippen molar-refractivity contribution in [2.75, 3.05) is 5.32 Å². The van der Waals surface area contributed by atoms with Crippen LogP contribution in [-0.2, 0) is 11.2 Å². The molecule has 1 aromatic heterocycles. The molecule has 3 aromatic rings. The van der Waals surface area contributed by atoms with Crippen LogP contribution in [0.2, 0.25) is 10.0 Å². The highest BCUT2D eigenvalue weighted by Crippen LogP contribution is 2.32. The van der Waals surface area contributed by atoms with E-state index in [4.69, 9.17) is 23.2 Å². The van der Waals surface area contributed by atoms with Gasteiger partial charge in [0.15, 0.2) is 5.13 Å². The number of carbonyl (C=O) groups excluding carboxylic acids is 1. The largest absolute Gasteiger partial charge is 0.302 e. The predicted octanol–water partition coefficient (Wildman–Crippen LogP) is 5.21. The first-order chi connectivity index (χ1) is 12.4. The fourth-order valence-corrected chi connectivity index (χ4v) is 3.56. The van der Waals surface area contributed by atoms with Crippen molar-refractivity contribution in [1.82, 2.24) is 4.98 Å². The van der Waals surface area contributed by atoms with Crippen LogP contribution in [0.15, 0.2) is 47.8 Å². The molecule has 0 aliphatic carbocycles. The van der Waals surface area contributed by atoms with E-state index >= 15 is 0 Å². The van der Waals surface area contributed by atoms with Crippen molar-refractivity contribution >= 4 is 51.3 Å². The lowest BCUT2D eigenvalue weighted by molar-refractivity contribution is -0.385. The fraction of sp³-hybridized carbons (Fsp3) is 0.0588. The molecule has 0 fully saturated rings. The van der Waals surface area contributed by atoms with E-state index < -0.39 is 4.92 Å². The first-order valence-corrected chi connectivity index (χ1v) is 9.00. The number of carbonyl (C=O) groups is 1. The Morgan fingerprint density at radius 1 is 1.23 bits per heavy atom. The molecule has 0 bridgehead atoms. The van der Waals surface area contributed by atoms with E-state index in [0.29, 0.717) is 32.0 Å². The number of hydrogen-bond acceptors (Lipinski definition) is 5. The van der Waals surface area contributed by atoms with Crippen LogP contribution < -0.4 is 5.32 Å². The highest BCUT2D eigenvalue weighted by molar-refractivity contribution is 7.14. The van der Waals surface area contributed by atoms with Crippen molar-refractivity contribution in [2.45, 2.75) is 6.42 Å². The van der Waals surface area contributed by atoms with Crippen LogP contribution in [-0.4, -0.2) is 15.8 Å². The summed E-state index contributed by atoms with van der Waals surface area (Å²) < 4.78 is 0. The maximum absolute atomic E-state index is 12.2. The lowest BCUT2D eigenvalue weighted by Gasteiger charge is -2.03. The quantitative estimate of drug-likeness (QED) is 0.464. The molecule has 0 radical (unpaired) electrons. The van der Waals surface area contributed by atoms with Gasteiger partial charge in [0.2, 0.25) is 5.91 Å². The Balaban J connectivity index is 1.73. The number of nitro benzene ring substituents is 1. The van der Waals surface area contributed by atoms with Crippen molar-refractivity contribution in [2.24, 2.45) is 0 Å². The Kier molecular flexibility index (Phi) is 5.51. The first kappa shape index (κ1) is 18.3. The third-order valence-electron chi connectivity index (χ3n) is 3.50. The number of rotatable bonds is 5. The van der Waals surface area contributed by atoms with Gasteiger partial charge in [-0.15, -0.1) is 11.3 Å². The average molecular weight is 408 g/mol. The van der Waals surface area contributed by atoms with Gasteiger partial charge in [-0.05, 0) is 18.2 Å². The summed E-state index contributed by atoms with van der Waals surface area (Å²) in [5.74, 6) is -0.387. The van der Waals surface area contributed by atoms with Gasteiger partial charge in [-0.2, -0.15) is 0 Å². The summed E-state index contributed by atoms with van der Waals surface area (Å²) in [6, 6.07) is 11.2. The van der Waals surface area contributed by atoms with Crippen LogP contribution in [0.3, 0.4) is 0 Å². The zero-order chi connectivity index (χ0) is 18.7. The van der Waals surface area contributed by atoms with E-state index in [9.17, 15) is 14.9 Å². The zero-order valence-electron chi connectivity index (χ0n) is 13.1. The zero-order valence-corrected chi connectivity index (χ0v) is 15.4. The smallest absolute Gasteiger partial charge is 0.273 e. The van der Waals surface area contributed by atoms with Gasteiger partial charge in [-0.25, -0.2) is 4.98 Å². The van der Waals surface area contributed by atoms with Crippen molar-refractivity contribution in [1.29, 1.82) is 0 Å². The van der Waals surface area contributed by atoms with E-state index in [1.807, 2.05) is 0 Å². The summed E-state index contributed by atoms with van der Waals surface area (Å²) in [5, 5.41) is 16.8. The highest BCUT2D eigenvalue weighted by atomic mass is 35.5. The van der Waals surface area contributed by atoms with Gasteiger partial charge in [0.1, 0.15) is 0 Å². The van der Waals surface area contributed by atoms with Gasteiger partial charge in [-0.3, -0.25) is 14.9 Å². The molecule has 1 N–H and O–H groups in total. The number of nitro groups is 1. The van der Waals surface area contributed by atoms with E-state index in [-0.39, 0.29) is 18.0 Å². The van der Waals surface area contributed by atoms with Gasteiger partial charge in [0, 0.05) is 27.6 Å². The number of anilines is 1. The van der Waals surface area contributed by atoms with E-state index in [1.54, 1.807) is 41.8 Å². The van der Waals surface area contributed by atoms with Crippen LogP contribution in [0, 0.1) is 10.1 Å². The Labute approximate surface area is 162 Å². The molecule has 9 heteroatoms. The van der Waals surface area contributed by atoms with Gasteiger partial charge in [0.25, 0.3) is 5.69 Å². The van der Waals surface area contributed by atoms with E-state index in [0.717, 1.165) is 0 Å². The van der Waals surface area contributed by atoms with E-state index in [2.05, 4.69) is 10.3 Å². The average Bonchev–Trinajstić information content (AvgIpc) is 3.03. The number of amides is 1. The molecule has 132 valence electrons. The van der Waals surface area contributed by atoms with Gasteiger partial charge < -0.3 is 5.32 Å². The molecule has 26 heavy (non-hydrogen) atoms. The number of halogens is 2. The molecular weight excluding hydrogens is 397 g/mol. The fourth-order valence-electron chi connectivity index (χ4n) is 2.33. The molecule has 1 heterocycles. The Hall–Kier alpha value is -2.48. The Morgan fingerprint density at radius 3 is 2.73 bits per heavy atom. The molecule has 0 aliphatic heterocycles. The highest BCUT2D eigenvalue weighted by Gasteiger charge is 2.17. The minimum absolute atomic E-state index is 0.0876. The second-order valence-electron chi connectivity index (χ2n) is 5.27. The third-order valence-corrected chi connectivity index (χ3v) is 4.80. The lowest BCUT2D eigenvalue weighted by Crippen LogP contribution is -2.15. The minimum Gasteiger partial charge on any atom is -0.302 e.